The third-order valence-electron chi connectivity index (χ3n) is 0. The van der Waals surface area contributed by atoms with Crippen LogP contribution in [0, 0.1) is 5.92 Å². The SMILES string of the molecule is CC(C)C.CS(N)(=O)=O. The highest BCUT2D eigenvalue weighted by molar-refractivity contribution is 7.88. The molecule has 0 amide bonds. The lowest BCUT2D eigenvalue weighted by Gasteiger charge is -1.79. The van der Waals surface area contributed by atoms with Crippen LogP contribution in [0.5, 0.6) is 0 Å². The zero-order valence-corrected chi connectivity index (χ0v) is 7.20. The molecule has 0 rings (SSSR count). The van der Waals surface area contributed by atoms with Crippen LogP contribution in [0.25, 0.3) is 0 Å². The van der Waals surface area contributed by atoms with E-state index in [-0.39, 0.29) is 0 Å². The predicted molar refractivity (Wildman–Crippen MR) is 39.5 cm³/mol. The second kappa shape index (κ2) is 4.76. The summed E-state index contributed by atoms with van der Waals surface area (Å²) in [6.45, 7) is 6.50. The van der Waals surface area contributed by atoms with Gasteiger partial charge in [0.15, 0.2) is 0 Å². The number of sulfonamides is 1. The van der Waals surface area contributed by atoms with Crippen LogP contribution in [0.1, 0.15) is 20.8 Å². The second-order valence-electron chi connectivity index (χ2n) is 2.56. The minimum absolute atomic E-state index is 0.833. The first-order valence-electron chi connectivity index (χ1n) is 2.71. The number of primary sulfonamides is 1. The van der Waals surface area contributed by atoms with E-state index in [0.29, 0.717) is 0 Å². The Bertz CT molecular complexity index is 126. The van der Waals surface area contributed by atoms with Gasteiger partial charge in [-0.3, -0.25) is 0 Å². The Morgan fingerprint density at radius 1 is 1.22 bits per heavy atom. The molecular formula is C5H15NO2S. The van der Waals surface area contributed by atoms with E-state index in [1.165, 1.54) is 0 Å². The first-order chi connectivity index (χ1) is 3.73. The molecule has 0 atom stereocenters. The highest BCUT2D eigenvalue weighted by atomic mass is 32.2. The third kappa shape index (κ3) is 34100. The molecule has 0 aliphatic carbocycles. The molecule has 0 unspecified atom stereocenters. The molecule has 0 aromatic carbocycles. The molecule has 4 heteroatoms. The van der Waals surface area contributed by atoms with Crippen molar-refractivity contribution in [2.24, 2.45) is 11.1 Å². The van der Waals surface area contributed by atoms with Crippen LogP contribution in [0.15, 0.2) is 0 Å². The highest BCUT2D eigenvalue weighted by Gasteiger charge is 1.78. The molecule has 0 saturated carbocycles. The van der Waals surface area contributed by atoms with Crippen molar-refractivity contribution in [3.63, 3.8) is 0 Å². The van der Waals surface area contributed by atoms with Crippen LogP contribution in [0.4, 0.5) is 0 Å². The van der Waals surface area contributed by atoms with Crippen molar-refractivity contribution in [3.05, 3.63) is 0 Å². The summed E-state index contributed by atoms with van der Waals surface area (Å²) in [6, 6.07) is 0. The molecule has 0 spiro atoms. The summed E-state index contributed by atoms with van der Waals surface area (Å²) in [7, 11) is -3.17. The Hall–Kier alpha value is -0.0900. The molecule has 9 heavy (non-hydrogen) atoms. The first kappa shape index (κ1) is 11.7. The number of hydrogen-bond donors (Lipinski definition) is 1. The van der Waals surface area contributed by atoms with E-state index < -0.39 is 10.0 Å². The van der Waals surface area contributed by atoms with Crippen molar-refractivity contribution in [1.82, 2.24) is 0 Å². The zero-order chi connectivity index (χ0) is 8.08. The van der Waals surface area contributed by atoms with Gasteiger partial charge in [0.1, 0.15) is 0 Å². The summed E-state index contributed by atoms with van der Waals surface area (Å²) < 4.78 is 18.8. The van der Waals surface area contributed by atoms with Crippen molar-refractivity contribution in [2.75, 3.05) is 6.26 Å². The lowest BCUT2D eigenvalue weighted by Crippen LogP contribution is -2.07. The molecule has 3 nitrogen and oxygen atoms in total. The zero-order valence-electron chi connectivity index (χ0n) is 6.38. The van der Waals surface area contributed by atoms with Gasteiger partial charge in [0.2, 0.25) is 10.0 Å². The Labute approximate surface area is 57.3 Å². The molecule has 2 N–H and O–H groups in total. The average Bonchev–Trinajstić information content (AvgIpc) is 1.19. The Morgan fingerprint density at radius 3 is 1.22 bits per heavy atom. The van der Waals surface area contributed by atoms with Crippen LogP contribution < -0.4 is 5.14 Å². The van der Waals surface area contributed by atoms with Gasteiger partial charge in [-0.15, -0.1) is 0 Å². The standard InChI is InChI=1S/C4H10.CH5NO2S/c1-4(2)3;1-5(2,3)4/h4H,1-3H3;1H3,(H2,2,3,4). The average molecular weight is 153 g/mol. The third-order valence-corrected chi connectivity index (χ3v) is 0. The fourth-order valence-electron chi connectivity index (χ4n) is 0. The van der Waals surface area contributed by atoms with Gasteiger partial charge in [-0.25, -0.2) is 13.6 Å². The fourth-order valence-corrected chi connectivity index (χ4v) is 0. The molecule has 0 aromatic rings. The molecule has 0 aliphatic rings. The molecule has 0 heterocycles. The van der Waals surface area contributed by atoms with Crippen LogP contribution in [0.3, 0.4) is 0 Å². The second-order valence-corrected chi connectivity index (χ2v) is 4.22. The quantitative estimate of drug-likeness (QED) is 0.553. The Kier molecular flexibility index (Phi) is 6.17. The summed E-state index contributed by atoms with van der Waals surface area (Å²) in [5.41, 5.74) is 0. The minimum Gasteiger partial charge on any atom is -0.229 e. The van der Waals surface area contributed by atoms with Crippen LogP contribution in [-0.4, -0.2) is 14.7 Å². The van der Waals surface area contributed by atoms with E-state index in [0.717, 1.165) is 12.2 Å². The van der Waals surface area contributed by atoms with Crippen molar-refractivity contribution in [2.45, 2.75) is 20.8 Å². The summed E-state index contributed by atoms with van der Waals surface area (Å²) in [5.74, 6) is 0.833. The monoisotopic (exact) mass is 153 g/mol. The molecule has 0 radical (unpaired) electrons. The van der Waals surface area contributed by atoms with Crippen molar-refractivity contribution < 1.29 is 8.42 Å². The van der Waals surface area contributed by atoms with Gasteiger partial charge in [0.25, 0.3) is 0 Å². The number of nitrogens with two attached hydrogens (primary N) is 1. The minimum atomic E-state index is -3.17. The molecule has 0 fully saturated rings. The predicted octanol–water partition coefficient (Wildman–Crippen LogP) is 0.567. The van der Waals surface area contributed by atoms with Gasteiger partial charge in [0, 0.05) is 0 Å². The van der Waals surface area contributed by atoms with Crippen molar-refractivity contribution in [3.8, 4) is 0 Å². The van der Waals surface area contributed by atoms with Gasteiger partial charge in [0.05, 0.1) is 6.26 Å². The molecule has 58 valence electrons. The maximum Gasteiger partial charge on any atom is 0.206 e. The normalized spacial score (nSPS) is 10.4. The van der Waals surface area contributed by atoms with Gasteiger partial charge in [-0.2, -0.15) is 0 Å². The first-order valence-corrected chi connectivity index (χ1v) is 4.66. The molecule has 0 saturated heterocycles. The van der Waals surface area contributed by atoms with E-state index in [4.69, 9.17) is 0 Å². The van der Waals surface area contributed by atoms with Crippen LogP contribution >= 0.6 is 0 Å². The van der Waals surface area contributed by atoms with Crippen molar-refractivity contribution >= 4 is 10.0 Å². The topological polar surface area (TPSA) is 60.2 Å². The Balaban J connectivity index is 0. The van der Waals surface area contributed by atoms with Crippen LogP contribution in [-0.2, 0) is 10.0 Å². The summed E-state index contributed by atoms with van der Waals surface area (Å²) in [6.07, 6.45) is 0.938. The Morgan fingerprint density at radius 2 is 1.22 bits per heavy atom. The van der Waals surface area contributed by atoms with E-state index in [1.54, 1.807) is 0 Å². The smallest absolute Gasteiger partial charge is 0.206 e. The largest absolute Gasteiger partial charge is 0.229 e. The molecular weight excluding hydrogens is 138 g/mol. The lowest BCUT2D eigenvalue weighted by molar-refractivity contribution is 0.603. The van der Waals surface area contributed by atoms with Gasteiger partial charge < -0.3 is 0 Å². The summed E-state index contributed by atoms with van der Waals surface area (Å²) >= 11 is 0. The van der Waals surface area contributed by atoms with Crippen molar-refractivity contribution in [1.29, 1.82) is 0 Å². The molecule has 0 aromatic heterocycles. The summed E-state index contributed by atoms with van der Waals surface area (Å²) in [5, 5.41) is 4.33. The summed E-state index contributed by atoms with van der Waals surface area (Å²) in [4.78, 5) is 0. The number of hydrogen-bond acceptors (Lipinski definition) is 2. The number of rotatable bonds is 0. The highest BCUT2D eigenvalue weighted by Crippen LogP contribution is 1.81. The van der Waals surface area contributed by atoms with Crippen LogP contribution in [0.2, 0.25) is 0 Å². The lowest BCUT2D eigenvalue weighted by atomic mass is 10.3. The maximum atomic E-state index is 9.41. The van der Waals surface area contributed by atoms with Gasteiger partial charge in [-0.05, 0) is 5.92 Å². The maximum absolute atomic E-state index is 9.41. The van der Waals surface area contributed by atoms with Gasteiger partial charge >= 0.3 is 0 Å². The van der Waals surface area contributed by atoms with E-state index in [9.17, 15) is 8.42 Å². The molecule has 0 aliphatic heterocycles. The molecule has 0 bridgehead atoms. The fraction of sp³-hybridized carbons (Fsp3) is 1.00. The van der Waals surface area contributed by atoms with Gasteiger partial charge in [-0.1, -0.05) is 20.8 Å². The van der Waals surface area contributed by atoms with E-state index >= 15 is 0 Å². The van der Waals surface area contributed by atoms with E-state index in [1.807, 2.05) is 0 Å². The van der Waals surface area contributed by atoms with E-state index in [2.05, 4.69) is 25.9 Å².